The predicted molar refractivity (Wildman–Crippen MR) is 66.2 cm³/mol. The molecule has 0 bridgehead atoms. The molecule has 0 aliphatic heterocycles. The quantitative estimate of drug-likeness (QED) is 0.865. The van der Waals surface area contributed by atoms with Crippen LogP contribution in [0.15, 0.2) is 12.1 Å². The van der Waals surface area contributed by atoms with Crippen LogP contribution in [0.2, 0.25) is 15.1 Å². The molecule has 4 heteroatoms. The highest BCUT2D eigenvalue weighted by atomic mass is 35.5. The minimum absolute atomic E-state index is 0.0995. The molecule has 0 fully saturated rings. The fourth-order valence-electron chi connectivity index (χ4n) is 1.59. The first-order chi connectivity index (χ1) is 6.88. The van der Waals surface area contributed by atoms with E-state index in [1.54, 1.807) is 12.1 Å². The van der Waals surface area contributed by atoms with Gasteiger partial charge in [-0.1, -0.05) is 48.7 Å². The first-order valence-corrected chi connectivity index (χ1v) is 5.78. The van der Waals surface area contributed by atoms with Gasteiger partial charge in [0.2, 0.25) is 0 Å². The van der Waals surface area contributed by atoms with Crippen molar-refractivity contribution in [3.05, 3.63) is 32.8 Å². The number of benzene rings is 1. The predicted octanol–water partition coefficient (Wildman–Crippen LogP) is 4.31. The Kier molecular flexibility index (Phi) is 4.30. The van der Waals surface area contributed by atoms with Crippen LogP contribution in [0.25, 0.3) is 0 Å². The second-order valence-electron chi connectivity index (χ2n) is 4.10. The third kappa shape index (κ3) is 3.01. The molecule has 0 aliphatic carbocycles. The Bertz CT molecular complexity index is 338. The number of aliphatic hydroxyl groups excluding tert-OH is 1. The maximum Gasteiger partial charge on any atom is 0.0473 e. The van der Waals surface area contributed by atoms with Gasteiger partial charge in [0.1, 0.15) is 0 Å². The largest absolute Gasteiger partial charge is 0.396 e. The van der Waals surface area contributed by atoms with Crippen LogP contribution in [-0.4, -0.2) is 11.7 Å². The fourth-order valence-corrected chi connectivity index (χ4v) is 2.92. The molecule has 0 unspecified atom stereocenters. The van der Waals surface area contributed by atoms with Gasteiger partial charge in [-0.3, -0.25) is 0 Å². The van der Waals surface area contributed by atoms with Crippen molar-refractivity contribution in [2.45, 2.75) is 25.7 Å². The summed E-state index contributed by atoms with van der Waals surface area (Å²) in [5.74, 6) is 0. The third-order valence-corrected chi connectivity index (χ3v) is 3.23. The van der Waals surface area contributed by atoms with Gasteiger partial charge < -0.3 is 5.11 Å². The normalized spacial score (nSPS) is 11.9. The molecule has 1 nitrogen and oxygen atoms in total. The van der Waals surface area contributed by atoms with Crippen molar-refractivity contribution in [1.29, 1.82) is 0 Å². The van der Waals surface area contributed by atoms with Gasteiger partial charge in [-0.25, -0.2) is 0 Å². The standard InChI is InChI=1S/C11H13Cl3O/c1-11(2,3-4-15)10-8(13)5-7(12)6-9(10)14/h5-6,15H,3-4H2,1-2H3. The zero-order valence-corrected chi connectivity index (χ0v) is 10.9. The third-order valence-electron chi connectivity index (χ3n) is 2.42. The number of halogens is 3. The van der Waals surface area contributed by atoms with Gasteiger partial charge in [-0.05, 0) is 29.5 Å². The molecule has 84 valence electrons. The Morgan fingerprint density at radius 1 is 1.13 bits per heavy atom. The highest BCUT2D eigenvalue weighted by Crippen LogP contribution is 2.39. The Labute approximate surface area is 105 Å². The minimum atomic E-state index is -0.256. The maximum absolute atomic E-state index is 8.99. The fraction of sp³-hybridized carbons (Fsp3) is 0.455. The summed E-state index contributed by atoms with van der Waals surface area (Å²) in [6.07, 6.45) is 0.605. The van der Waals surface area contributed by atoms with E-state index in [0.29, 0.717) is 21.5 Å². The Hall–Kier alpha value is 0.0500. The average Bonchev–Trinajstić information content (AvgIpc) is 1.99. The van der Waals surface area contributed by atoms with Crippen molar-refractivity contribution in [3.8, 4) is 0 Å². The van der Waals surface area contributed by atoms with Crippen LogP contribution in [0.3, 0.4) is 0 Å². The van der Waals surface area contributed by atoms with Crippen LogP contribution in [0.1, 0.15) is 25.8 Å². The van der Waals surface area contributed by atoms with Crippen LogP contribution < -0.4 is 0 Å². The second-order valence-corrected chi connectivity index (χ2v) is 5.35. The summed E-state index contributed by atoms with van der Waals surface area (Å²) in [4.78, 5) is 0. The summed E-state index contributed by atoms with van der Waals surface area (Å²) in [5, 5.41) is 10.6. The van der Waals surface area contributed by atoms with Crippen LogP contribution in [0.4, 0.5) is 0 Å². The summed E-state index contributed by atoms with van der Waals surface area (Å²) in [6, 6.07) is 3.34. The number of hydrogen-bond donors (Lipinski definition) is 1. The molecule has 15 heavy (non-hydrogen) atoms. The molecule has 0 atom stereocenters. The van der Waals surface area contributed by atoms with E-state index in [4.69, 9.17) is 39.9 Å². The van der Waals surface area contributed by atoms with E-state index in [9.17, 15) is 0 Å². The molecule has 1 rings (SSSR count). The second kappa shape index (κ2) is 4.92. The zero-order valence-electron chi connectivity index (χ0n) is 8.65. The molecule has 0 radical (unpaired) electrons. The van der Waals surface area contributed by atoms with Gasteiger partial charge in [0.25, 0.3) is 0 Å². The van der Waals surface area contributed by atoms with E-state index < -0.39 is 0 Å². The monoisotopic (exact) mass is 266 g/mol. The maximum atomic E-state index is 8.99. The molecule has 0 saturated carbocycles. The Balaban J connectivity index is 3.24. The van der Waals surface area contributed by atoms with E-state index in [-0.39, 0.29) is 12.0 Å². The molecule has 1 aromatic carbocycles. The van der Waals surface area contributed by atoms with E-state index in [0.717, 1.165) is 5.56 Å². The SMILES string of the molecule is CC(C)(CCO)c1c(Cl)cc(Cl)cc1Cl. The molecule has 0 amide bonds. The molecule has 0 aromatic heterocycles. The van der Waals surface area contributed by atoms with E-state index in [2.05, 4.69) is 0 Å². The summed E-state index contributed by atoms with van der Waals surface area (Å²) < 4.78 is 0. The lowest BCUT2D eigenvalue weighted by Gasteiger charge is -2.26. The minimum Gasteiger partial charge on any atom is -0.396 e. The number of hydrogen-bond acceptors (Lipinski definition) is 1. The Morgan fingerprint density at radius 2 is 1.60 bits per heavy atom. The van der Waals surface area contributed by atoms with Gasteiger partial charge in [-0.15, -0.1) is 0 Å². The highest BCUT2D eigenvalue weighted by molar-refractivity contribution is 6.39. The molecule has 1 aromatic rings. The summed E-state index contributed by atoms with van der Waals surface area (Å²) in [6.45, 7) is 4.08. The lowest BCUT2D eigenvalue weighted by Crippen LogP contribution is -2.20. The van der Waals surface area contributed by atoms with Crippen LogP contribution >= 0.6 is 34.8 Å². The van der Waals surface area contributed by atoms with E-state index in [1.807, 2.05) is 13.8 Å². The molecule has 0 spiro atoms. The lowest BCUT2D eigenvalue weighted by molar-refractivity contribution is 0.252. The first-order valence-electron chi connectivity index (χ1n) is 4.64. The first kappa shape index (κ1) is 13.1. The van der Waals surface area contributed by atoms with Crippen molar-refractivity contribution < 1.29 is 5.11 Å². The van der Waals surface area contributed by atoms with Crippen molar-refractivity contribution in [2.75, 3.05) is 6.61 Å². The molecular formula is C11H13Cl3O. The van der Waals surface area contributed by atoms with Crippen molar-refractivity contribution in [2.24, 2.45) is 0 Å². The van der Waals surface area contributed by atoms with Crippen molar-refractivity contribution in [1.82, 2.24) is 0 Å². The van der Waals surface area contributed by atoms with Crippen molar-refractivity contribution >= 4 is 34.8 Å². The van der Waals surface area contributed by atoms with Gasteiger partial charge in [0.15, 0.2) is 0 Å². The van der Waals surface area contributed by atoms with Gasteiger partial charge >= 0.3 is 0 Å². The summed E-state index contributed by atoms with van der Waals surface area (Å²) >= 11 is 18.0. The van der Waals surface area contributed by atoms with Crippen LogP contribution in [0.5, 0.6) is 0 Å². The van der Waals surface area contributed by atoms with Gasteiger partial charge in [-0.2, -0.15) is 0 Å². The molecule has 0 aliphatic rings. The molecule has 0 heterocycles. The van der Waals surface area contributed by atoms with E-state index in [1.165, 1.54) is 0 Å². The lowest BCUT2D eigenvalue weighted by atomic mass is 9.82. The molecule has 0 saturated heterocycles. The summed E-state index contributed by atoms with van der Waals surface area (Å²) in [7, 11) is 0. The highest BCUT2D eigenvalue weighted by Gasteiger charge is 2.25. The average molecular weight is 268 g/mol. The number of rotatable bonds is 3. The van der Waals surface area contributed by atoms with Gasteiger partial charge in [0.05, 0.1) is 0 Å². The van der Waals surface area contributed by atoms with Crippen LogP contribution in [-0.2, 0) is 5.41 Å². The Morgan fingerprint density at radius 3 is 2.00 bits per heavy atom. The summed E-state index contributed by atoms with van der Waals surface area (Å²) in [5.41, 5.74) is 0.581. The molecular weight excluding hydrogens is 254 g/mol. The molecule has 1 N–H and O–H groups in total. The number of aliphatic hydroxyl groups is 1. The van der Waals surface area contributed by atoms with Crippen molar-refractivity contribution in [3.63, 3.8) is 0 Å². The smallest absolute Gasteiger partial charge is 0.0473 e. The zero-order chi connectivity index (χ0) is 11.6. The topological polar surface area (TPSA) is 20.2 Å². The van der Waals surface area contributed by atoms with Gasteiger partial charge in [0, 0.05) is 21.7 Å². The van der Waals surface area contributed by atoms with E-state index >= 15 is 0 Å². The van der Waals surface area contributed by atoms with Crippen LogP contribution in [0, 0.1) is 0 Å².